The maximum Gasteiger partial charge on any atom is 0.339 e. The number of hydrogen-bond donors (Lipinski definition) is 2. The Morgan fingerprint density at radius 3 is 1.40 bits per heavy atom. The Kier molecular flexibility index (Phi) is 22.5. The molecule has 3 N–H and O–H groups in total. The first-order chi connectivity index (χ1) is 39.3. The smallest absolute Gasteiger partial charge is 0.339 e. The van der Waals surface area contributed by atoms with Crippen LogP contribution in [0, 0.1) is 79.5 Å². The summed E-state index contributed by atoms with van der Waals surface area (Å²) in [6.07, 6.45) is 0. The van der Waals surface area contributed by atoms with Crippen LogP contribution in [0.2, 0.25) is 0 Å². The van der Waals surface area contributed by atoms with Crippen molar-refractivity contribution >= 4 is 157 Å². The molecule has 0 fully saturated rings. The molecule has 0 bridgehead atoms. The number of nitro benzene ring substituents is 4. The zero-order valence-electron chi connectivity index (χ0n) is 43.0. The first-order valence-corrected chi connectivity index (χ1v) is 31.5. The van der Waals surface area contributed by atoms with E-state index in [1.54, 1.807) is 19.1 Å². The lowest BCUT2D eigenvalue weighted by Crippen LogP contribution is -2.17. The van der Waals surface area contributed by atoms with Crippen molar-refractivity contribution < 1.29 is 63.2 Å². The molecule has 36 heteroatoms. The molecule has 0 radical (unpaired) electrons. The van der Waals surface area contributed by atoms with E-state index < -0.39 is 61.0 Å². The third-order valence-electron chi connectivity index (χ3n) is 10.7. The minimum absolute atomic E-state index is 0.0601. The molecule has 6 aromatic carbocycles. The minimum Gasteiger partial charge on any atom is -0.480 e. The van der Waals surface area contributed by atoms with E-state index in [-0.39, 0.29) is 76.0 Å². The van der Waals surface area contributed by atoms with Gasteiger partial charge in [0.2, 0.25) is 0 Å². The highest BCUT2D eigenvalue weighted by atomic mass is 35.7. The highest BCUT2D eigenvalue weighted by Crippen LogP contribution is 2.34. The predicted octanol–water partition coefficient (Wildman–Crippen LogP) is 11.1. The molecule has 0 saturated heterocycles. The molecule has 8 aromatic rings. The molecule has 84 heavy (non-hydrogen) atoms. The highest BCUT2D eigenvalue weighted by molar-refractivity contribution is 8.15. The van der Waals surface area contributed by atoms with Gasteiger partial charge >= 0.3 is 26.2 Å². The fraction of sp³-hybridized carbons (Fsp3) is 0.146. The Bertz CT molecular complexity index is 4330. The topological polar surface area (TPSA) is 419 Å². The van der Waals surface area contributed by atoms with Crippen molar-refractivity contribution in [2.45, 2.75) is 48.4 Å². The summed E-state index contributed by atoms with van der Waals surface area (Å²) >= 11 is 13.2. The van der Waals surface area contributed by atoms with E-state index in [4.69, 9.17) is 58.4 Å². The zero-order chi connectivity index (χ0) is 62.6. The summed E-state index contributed by atoms with van der Waals surface area (Å²) in [7, 11) is -7.10. The quantitative estimate of drug-likeness (QED) is 0.0270. The van der Waals surface area contributed by atoms with Crippen LogP contribution < -0.4 is 14.1 Å². The van der Waals surface area contributed by atoms with E-state index in [1.165, 1.54) is 98.5 Å². The molecule has 27 nitrogen and oxygen atoms in total. The Balaban J connectivity index is 0.000000216. The molecule has 0 amide bonds. The number of carbonyl (C=O) groups is 1. The van der Waals surface area contributed by atoms with Crippen LogP contribution in [0.1, 0.15) is 32.3 Å². The molecule has 0 aliphatic carbocycles. The van der Waals surface area contributed by atoms with Crippen LogP contribution in [-0.4, -0.2) is 88.2 Å². The molecule has 2 aromatic heterocycles. The Labute approximate surface area is 502 Å². The number of nitriles is 1. The van der Waals surface area contributed by atoms with Crippen molar-refractivity contribution in [3.8, 4) is 17.6 Å². The number of halogens is 3. The van der Waals surface area contributed by atoms with Crippen LogP contribution >= 0.6 is 68.3 Å². The molecular weight excluding hydrogens is 1290 g/mol. The van der Waals surface area contributed by atoms with E-state index in [9.17, 15) is 70.5 Å². The van der Waals surface area contributed by atoms with Gasteiger partial charge in [-0.2, -0.15) is 22.1 Å². The lowest BCUT2D eigenvalue weighted by Gasteiger charge is -2.09. The average Bonchev–Trinajstić information content (AvgIpc) is 2.98. The second kappa shape index (κ2) is 28.4. The van der Waals surface area contributed by atoms with Crippen LogP contribution in [0.3, 0.4) is 0 Å². The first kappa shape index (κ1) is 66.6. The summed E-state index contributed by atoms with van der Waals surface area (Å²) in [6, 6.07) is 24.7. The van der Waals surface area contributed by atoms with E-state index in [0.717, 1.165) is 59.4 Å². The van der Waals surface area contributed by atoms with E-state index in [0.29, 0.717) is 41.9 Å². The van der Waals surface area contributed by atoms with Crippen LogP contribution in [-0.2, 0) is 34.1 Å². The number of aryl methyl sites for hydroxylation is 4. The monoisotopic (exact) mass is 1320 g/mol. The SMILES string of the molecule is Cc1cc([N+](=O)[O-])ccc1N.Cc1cc([N+](=O)[O-])ccc1S(=O)(=O)Cl.Cc1cc([N+](=O)[O-])ccc1S(=O)(=O)Oc1ccc2nc(C#N)sc2c1.Cc1cc([N+](=O)[O-])ccc1S(=O)(=O)Oc1ccc2nc(C3=N[C@@H](C(=O)O)CS3)sc2c1.ClCCl. The minimum atomic E-state index is -4.21. The van der Waals surface area contributed by atoms with Gasteiger partial charge in [0.25, 0.3) is 31.8 Å². The molecule has 440 valence electrons. The zero-order valence-corrected chi connectivity index (χ0v) is 50.2. The number of thioether (sulfide) groups is 1. The van der Waals surface area contributed by atoms with Gasteiger partial charge < -0.3 is 19.2 Å². The number of nitrogens with two attached hydrogens (primary N) is 1. The lowest BCUT2D eigenvalue weighted by molar-refractivity contribution is -0.385. The number of nitrogens with zero attached hydrogens (tertiary/aromatic N) is 8. The van der Waals surface area contributed by atoms with Gasteiger partial charge in [0.05, 0.1) is 50.4 Å². The number of aromatic nitrogens is 2. The number of anilines is 1. The maximum atomic E-state index is 12.7. The van der Waals surface area contributed by atoms with Gasteiger partial charge in [0, 0.05) is 82.8 Å². The molecule has 1 aliphatic rings. The van der Waals surface area contributed by atoms with Gasteiger partial charge in [-0.15, -0.1) is 57.6 Å². The van der Waals surface area contributed by atoms with Gasteiger partial charge in [-0.3, -0.25) is 45.4 Å². The van der Waals surface area contributed by atoms with Crippen LogP contribution in [0.25, 0.3) is 20.4 Å². The molecular formula is C48H38Cl3N9O18S6. The number of benzene rings is 6. The third kappa shape index (κ3) is 17.7. The van der Waals surface area contributed by atoms with Crippen LogP contribution in [0.5, 0.6) is 11.5 Å². The fourth-order valence-electron chi connectivity index (χ4n) is 6.86. The highest BCUT2D eigenvalue weighted by Gasteiger charge is 2.28. The van der Waals surface area contributed by atoms with Crippen molar-refractivity contribution in [1.29, 1.82) is 5.26 Å². The fourth-order valence-corrected chi connectivity index (χ4v) is 13.2. The van der Waals surface area contributed by atoms with E-state index in [2.05, 4.69) is 15.0 Å². The molecule has 1 aliphatic heterocycles. The van der Waals surface area contributed by atoms with E-state index in [1.807, 2.05) is 6.07 Å². The van der Waals surface area contributed by atoms with E-state index >= 15 is 0 Å². The largest absolute Gasteiger partial charge is 0.480 e. The van der Waals surface area contributed by atoms with Crippen LogP contribution in [0.15, 0.2) is 129 Å². The number of nitro groups is 4. The Morgan fingerprint density at radius 2 is 1.04 bits per heavy atom. The summed E-state index contributed by atoms with van der Waals surface area (Å²) in [5, 5.41) is 61.7. The summed E-state index contributed by atoms with van der Waals surface area (Å²) in [4.78, 5) is 63.2. The number of hydrogen-bond acceptors (Lipinski definition) is 25. The number of carboxylic acids is 1. The lowest BCUT2D eigenvalue weighted by atomic mass is 10.2. The number of thiazole rings is 2. The van der Waals surface area contributed by atoms with Gasteiger partial charge in [-0.05, 0) is 98.5 Å². The maximum absolute atomic E-state index is 12.7. The first-order valence-electron chi connectivity index (χ1n) is 22.6. The molecule has 0 unspecified atom stereocenters. The predicted molar refractivity (Wildman–Crippen MR) is 315 cm³/mol. The van der Waals surface area contributed by atoms with Crippen molar-refractivity contribution in [2.24, 2.45) is 4.99 Å². The van der Waals surface area contributed by atoms with Crippen molar-refractivity contribution in [3.05, 3.63) is 182 Å². The molecule has 0 spiro atoms. The standard InChI is InChI=1S/C18H13N3O7S3.C15H9N3O5S2.C7H6ClNO4S.C7H8N2O2.CH2Cl2/c1-9-6-10(21(24)25)2-5-15(9)31(26,27)28-11-3-4-12-14(7-11)30-17(19-12)16-20-13(8-29-16)18(22)23;1-9-6-10(18(19)20)2-5-14(9)25(21,22)23-11-3-4-12-13(7-11)24-15(8-16)17-12;1-5-4-6(9(10)11)2-3-7(5)14(8,12)13;1-5-4-6(9(10)11)2-3-7(5)8;2-1-3/h2-7,13H,8H2,1H3,(H,22,23);2-7H,1H3;2-4H,1H3;2-4H,8H2,1H3;1H2/t13-;;;;/m1..../s1. The van der Waals surface area contributed by atoms with Crippen LogP contribution in [0.4, 0.5) is 28.4 Å². The van der Waals surface area contributed by atoms with Crippen molar-refractivity contribution in [3.63, 3.8) is 0 Å². The summed E-state index contributed by atoms with van der Waals surface area (Å²) in [6.45, 7) is 6.09. The number of non-ortho nitro benzene ring substituents is 4. The Hall–Kier alpha value is -8.20. The van der Waals surface area contributed by atoms with Gasteiger partial charge in [-0.1, -0.05) is 0 Å². The number of aliphatic carboxylic acids is 1. The molecule has 1 atom stereocenters. The number of rotatable bonds is 13. The summed E-state index contributed by atoms with van der Waals surface area (Å²) < 4.78 is 83.7. The second-order valence-electron chi connectivity index (χ2n) is 16.5. The van der Waals surface area contributed by atoms with Gasteiger partial charge in [0.15, 0.2) is 11.0 Å². The summed E-state index contributed by atoms with van der Waals surface area (Å²) in [5.41, 5.74) is 8.11. The van der Waals surface area contributed by atoms with Crippen molar-refractivity contribution in [1.82, 2.24) is 9.97 Å². The molecule has 9 rings (SSSR count). The number of fused-ring (bicyclic) bond motifs is 2. The molecule has 0 saturated carbocycles. The van der Waals surface area contributed by atoms with Crippen molar-refractivity contribution in [2.75, 3.05) is 16.8 Å². The second-order valence-corrected chi connectivity index (χ2v) is 26.0. The number of nitrogen functional groups attached to an aromatic ring is 1. The number of aliphatic imine (C=N–C) groups is 1. The van der Waals surface area contributed by atoms with Gasteiger partial charge in [-0.25, -0.2) is 23.2 Å². The summed E-state index contributed by atoms with van der Waals surface area (Å²) in [5.74, 6) is -0.531. The molecule has 3 heterocycles. The Morgan fingerprint density at radius 1 is 0.643 bits per heavy atom. The third-order valence-corrected chi connectivity index (χ3v) is 18.2. The number of carboxylic acid groups (broad SMARTS) is 1. The normalized spacial score (nSPS) is 12.7. The number of alkyl halides is 2. The average molecular weight is 1330 g/mol. The van der Waals surface area contributed by atoms with Gasteiger partial charge in [0.1, 0.15) is 37.4 Å².